The number of hydrogen-bond acceptors (Lipinski definition) is 4. The Morgan fingerprint density at radius 2 is 1.68 bits per heavy atom. The second kappa shape index (κ2) is 5.30. The molecule has 0 heterocycles. The summed E-state index contributed by atoms with van der Waals surface area (Å²) in [6.45, 7) is 0. The highest BCUT2D eigenvalue weighted by atomic mass is 16.5. The van der Waals surface area contributed by atoms with Gasteiger partial charge in [-0.3, -0.25) is 9.59 Å². The summed E-state index contributed by atoms with van der Waals surface area (Å²) in [5, 5.41) is 9.98. The number of carbonyl (C=O) groups excluding carboxylic acids is 2. The zero-order chi connectivity index (χ0) is 13.8. The molecule has 0 bridgehead atoms. The lowest BCUT2D eigenvalue weighted by Gasteiger charge is -2.06. The number of ether oxygens (including phenoxy) is 1. The van der Waals surface area contributed by atoms with Crippen LogP contribution in [0.3, 0.4) is 0 Å². The third-order valence-electron chi connectivity index (χ3n) is 2.49. The van der Waals surface area contributed by atoms with Gasteiger partial charge >= 0.3 is 11.9 Å². The van der Waals surface area contributed by atoms with Crippen molar-refractivity contribution in [2.75, 3.05) is 0 Å². The van der Waals surface area contributed by atoms with Gasteiger partial charge in [-0.25, -0.2) is 4.79 Å². The number of aliphatic carboxylic acids is 1. The largest absolute Gasteiger partial charge is 0.481 e. The van der Waals surface area contributed by atoms with Gasteiger partial charge in [-0.2, -0.15) is 0 Å². The van der Waals surface area contributed by atoms with Crippen LogP contribution >= 0.6 is 0 Å². The van der Waals surface area contributed by atoms with Gasteiger partial charge in [-0.15, -0.1) is 0 Å². The smallest absolute Gasteiger partial charge is 0.380 e. The van der Waals surface area contributed by atoms with Crippen molar-refractivity contribution in [1.29, 1.82) is 0 Å². The summed E-state index contributed by atoms with van der Waals surface area (Å²) in [4.78, 5) is 33.0. The number of Topliss-reactive ketones (excluding diaryl/α,β-unsaturated/α-hetero) is 1. The number of benzene rings is 2. The molecule has 96 valence electrons. The van der Waals surface area contributed by atoms with Crippen LogP contribution in [-0.4, -0.2) is 22.8 Å². The van der Waals surface area contributed by atoms with E-state index in [-0.39, 0.29) is 5.75 Å². The van der Waals surface area contributed by atoms with Crippen molar-refractivity contribution in [2.45, 2.75) is 6.42 Å². The first-order valence-corrected chi connectivity index (χ1v) is 5.52. The molecule has 2 aromatic carbocycles. The summed E-state index contributed by atoms with van der Waals surface area (Å²) >= 11 is 0. The van der Waals surface area contributed by atoms with Gasteiger partial charge in [0.15, 0.2) is 0 Å². The van der Waals surface area contributed by atoms with Crippen LogP contribution in [0.4, 0.5) is 0 Å². The first-order valence-electron chi connectivity index (χ1n) is 5.52. The van der Waals surface area contributed by atoms with Gasteiger partial charge in [0.05, 0.1) is 0 Å². The maximum atomic E-state index is 11.5. The lowest BCUT2D eigenvalue weighted by Crippen LogP contribution is -2.22. The number of rotatable bonds is 4. The fourth-order valence-electron chi connectivity index (χ4n) is 1.65. The first-order chi connectivity index (χ1) is 9.08. The van der Waals surface area contributed by atoms with E-state index in [1.807, 2.05) is 18.2 Å². The molecule has 0 aliphatic heterocycles. The van der Waals surface area contributed by atoms with Gasteiger partial charge in [-0.05, 0) is 11.5 Å². The third-order valence-corrected chi connectivity index (χ3v) is 2.49. The summed E-state index contributed by atoms with van der Waals surface area (Å²) in [6, 6.07) is 12.3. The molecule has 0 spiro atoms. The van der Waals surface area contributed by atoms with Gasteiger partial charge in [0.25, 0.3) is 5.78 Å². The van der Waals surface area contributed by atoms with Gasteiger partial charge < -0.3 is 9.84 Å². The molecule has 19 heavy (non-hydrogen) atoms. The van der Waals surface area contributed by atoms with Crippen molar-refractivity contribution in [3.63, 3.8) is 0 Å². The standard InChI is InChI=1S/C14H10O5/c15-11(8-13(16)17)14(18)19-12-7-3-5-9-4-1-2-6-10(9)12/h1-7H,8H2,(H,16,17). The van der Waals surface area contributed by atoms with Crippen LogP contribution in [0, 0.1) is 0 Å². The summed E-state index contributed by atoms with van der Waals surface area (Å²) < 4.78 is 4.94. The minimum absolute atomic E-state index is 0.238. The molecule has 1 N–H and O–H groups in total. The third kappa shape index (κ3) is 2.95. The lowest BCUT2D eigenvalue weighted by atomic mass is 10.1. The molecule has 5 nitrogen and oxygen atoms in total. The molecular formula is C14H10O5. The lowest BCUT2D eigenvalue weighted by molar-refractivity contribution is -0.151. The Kier molecular flexibility index (Phi) is 3.56. The number of fused-ring (bicyclic) bond motifs is 1. The predicted octanol–water partition coefficient (Wildman–Crippen LogP) is 1.79. The Hall–Kier alpha value is -2.69. The van der Waals surface area contributed by atoms with Crippen molar-refractivity contribution in [3.8, 4) is 5.75 Å². The molecule has 0 aromatic heterocycles. The second-order valence-corrected chi connectivity index (χ2v) is 3.86. The van der Waals surface area contributed by atoms with Crippen molar-refractivity contribution in [3.05, 3.63) is 42.5 Å². The molecule has 0 saturated carbocycles. The average molecular weight is 258 g/mol. The number of carboxylic acid groups (broad SMARTS) is 1. The molecule has 5 heteroatoms. The van der Waals surface area contributed by atoms with E-state index in [9.17, 15) is 14.4 Å². The minimum Gasteiger partial charge on any atom is -0.481 e. The summed E-state index contributed by atoms with van der Waals surface area (Å²) in [5.74, 6) is -3.37. The molecular weight excluding hydrogens is 248 g/mol. The van der Waals surface area contributed by atoms with Crippen molar-refractivity contribution < 1.29 is 24.2 Å². The average Bonchev–Trinajstić information content (AvgIpc) is 2.38. The monoisotopic (exact) mass is 258 g/mol. The Bertz CT molecular complexity index is 654. The quantitative estimate of drug-likeness (QED) is 0.391. The van der Waals surface area contributed by atoms with E-state index in [0.717, 1.165) is 5.39 Å². The highest BCUT2D eigenvalue weighted by Crippen LogP contribution is 2.25. The molecule has 0 radical (unpaired) electrons. The van der Waals surface area contributed by atoms with E-state index < -0.39 is 24.1 Å². The van der Waals surface area contributed by atoms with Crippen LogP contribution in [0.15, 0.2) is 42.5 Å². The molecule has 0 aliphatic carbocycles. The van der Waals surface area contributed by atoms with E-state index >= 15 is 0 Å². The van der Waals surface area contributed by atoms with Gasteiger partial charge in [0.1, 0.15) is 12.2 Å². The van der Waals surface area contributed by atoms with Crippen LogP contribution < -0.4 is 4.74 Å². The highest BCUT2D eigenvalue weighted by Gasteiger charge is 2.20. The Morgan fingerprint density at radius 1 is 1.00 bits per heavy atom. The Balaban J connectivity index is 2.24. The molecule has 2 rings (SSSR count). The van der Waals surface area contributed by atoms with Crippen molar-refractivity contribution in [1.82, 2.24) is 0 Å². The first kappa shape index (κ1) is 12.8. The number of ketones is 1. The Labute approximate surface area is 108 Å². The van der Waals surface area contributed by atoms with E-state index in [2.05, 4.69) is 0 Å². The Morgan fingerprint density at radius 3 is 2.42 bits per heavy atom. The van der Waals surface area contributed by atoms with E-state index in [4.69, 9.17) is 9.84 Å². The number of hydrogen-bond donors (Lipinski definition) is 1. The van der Waals surface area contributed by atoms with Crippen LogP contribution in [0.2, 0.25) is 0 Å². The molecule has 0 aliphatic rings. The fraction of sp³-hybridized carbons (Fsp3) is 0.0714. The normalized spacial score (nSPS) is 10.1. The number of esters is 1. The maximum absolute atomic E-state index is 11.5. The SMILES string of the molecule is O=C(O)CC(=O)C(=O)Oc1cccc2ccccc12. The topological polar surface area (TPSA) is 80.7 Å². The zero-order valence-corrected chi connectivity index (χ0v) is 9.83. The van der Waals surface area contributed by atoms with Crippen LogP contribution in [0.5, 0.6) is 5.75 Å². The minimum atomic E-state index is -1.36. The molecule has 0 saturated heterocycles. The van der Waals surface area contributed by atoms with Crippen molar-refractivity contribution >= 4 is 28.5 Å². The second-order valence-electron chi connectivity index (χ2n) is 3.86. The molecule has 0 atom stereocenters. The number of carbonyl (C=O) groups is 3. The van der Waals surface area contributed by atoms with E-state index in [1.54, 1.807) is 24.3 Å². The summed E-state index contributed by atoms with van der Waals surface area (Å²) in [5.41, 5.74) is 0. The van der Waals surface area contributed by atoms with Crippen LogP contribution in [0.1, 0.15) is 6.42 Å². The van der Waals surface area contributed by atoms with Crippen LogP contribution in [-0.2, 0) is 14.4 Å². The fourth-order valence-corrected chi connectivity index (χ4v) is 1.65. The summed E-state index contributed by atoms with van der Waals surface area (Å²) in [6.07, 6.45) is -0.871. The van der Waals surface area contributed by atoms with E-state index in [0.29, 0.717) is 5.39 Å². The van der Waals surface area contributed by atoms with Gasteiger partial charge in [-0.1, -0.05) is 36.4 Å². The van der Waals surface area contributed by atoms with Crippen LogP contribution in [0.25, 0.3) is 10.8 Å². The molecule has 0 amide bonds. The van der Waals surface area contributed by atoms with E-state index in [1.165, 1.54) is 0 Å². The molecule has 0 fully saturated rings. The molecule has 0 unspecified atom stereocenters. The zero-order valence-electron chi connectivity index (χ0n) is 9.83. The van der Waals surface area contributed by atoms with Gasteiger partial charge in [0, 0.05) is 5.39 Å². The van der Waals surface area contributed by atoms with Crippen molar-refractivity contribution in [2.24, 2.45) is 0 Å². The highest BCUT2D eigenvalue weighted by molar-refractivity contribution is 6.37. The summed E-state index contributed by atoms with van der Waals surface area (Å²) in [7, 11) is 0. The maximum Gasteiger partial charge on any atom is 0.380 e. The van der Waals surface area contributed by atoms with Gasteiger partial charge in [0.2, 0.25) is 0 Å². The molecule has 2 aromatic rings. The number of carboxylic acids is 1. The predicted molar refractivity (Wildman–Crippen MR) is 66.8 cm³/mol.